The third-order valence-corrected chi connectivity index (χ3v) is 3.09. The number of amides is 1. The summed E-state index contributed by atoms with van der Waals surface area (Å²) in [6, 6.07) is 12.9. The summed E-state index contributed by atoms with van der Waals surface area (Å²) in [6.07, 6.45) is 0. The van der Waals surface area contributed by atoms with Gasteiger partial charge in [-0.1, -0.05) is 42.4 Å². The zero-order chi connectivity index (χ0) is 15.4. The smallest absolute Gasteiger partial charge is 0.337 e. The lowest BCUT2D eigenvalue weighted by molar-refractivity contribution is -0.111. The number of carbonyl (C=O) groups excluding carboxylic acids is 1. The molecule has 2 rings (SSSR count). The van der Waals surface area contributed by atoms with Crippen molar-refractivity contribution in [2.45, 2.75) is 0 Å². The number of anilines is 1. The van der Waals surface area contributed by atoms with E-state index in [1.807, 2.05) is 0 Å². The van der Waals surface area contributed by atoms with Crippen LogP contribution in [0.2, 0.25) is 5.02 Å². The van der Waals surface area contributed by atoms with Crippen molar-refractivity contribution in [2.24, 2.45) is 0 Å². The van der Waals surface area contributed by atoms with Crippen LogP contribution in [-0.4, -0.2) is 17.0 Å². The number of carbonyl (C=O) groups is 2. The van der Waals surface area contributed by atoms with Crippen molar-refractivity contribution in [1.29, 1.82) is 0 Å². The molecular formula is C16H12ClNO3. The fraction of sp³-hybridized carbons (Fsp3) is 0. The maximum absolute atomic E-state index is 12.2. The van der Waals surface area contributed by atoms with Crippen LogP contribution in [-0.2, 0) is 4.79 Å². The van der Waals surface area contributed by atoms with E-state index >= 15 is 0 Å². The predicted octanol–water partition coefficient (Wildman–Crippen LogP) is 3.69. The minimum absolute atomic E-state index is 0.0183. The van der Waals surface area contributed by atoms with E-state index in [2.05, 4.69) is 11.9 Å². The summed E-state index contributed by atoms with van der Waals surface area (Å²) in [5.41, 5.74) is 1.02. The zero-order valence-corrected chi connectivity index (χ0v) is 11.7. The Morgan fingerprint density at radius 1 is 1.10 bits per heavy atom. The lowest BCUT2D eigenvalue weighted by Gasteiger charge is -2.10. The monoisotopic (exact) mass is 301 g/mol. The number of rotatable bonds is 4. The van der Waals surface area contributed by atoms with E-state index in [9.17, 15) is 9.59 Å². The molecule has 0 aliphatic heterocycles. The van der Waals surface area contributed by atoms with Gasteiger partial charge in [0.2, 0.25) is 0 Å². The van der Waals surface area contributed by atoms with Crippen LogP contribution in [0.25, 0.3) is 5.57 Å². The average Bonchev–Trinajstić information content (AvgIpc) is 2.46. The van der Waals surface area contributed by atoms with Gasteiger partial charge in [-0.15, -0.1) is 0 Å². The molecule has 4 nitrogen and oxygen atoms in total. The van der Waals surface area contributed by atoms with E-state index in [0.29, 0.717) is 10.6 Å². The van der Waals surface area contributed by atoms with Crippen LogP contribution < -0.4 is 5.32 Å². The van der Waals surface area contributed by atoms with Crippen LogP contribution in [0.4, 0.5) is 5.69 Å². The van der Waals surface area contributed by atoms with Crippen molar-refractivity contribution in [2.75, 3.05) is 5.32 Å². The minimum atomic E-state index is -1.11. The molecule has 0 saturated heterocycles. The third kappa shape index (κ3) is 3.49. The van der Waals surface area contributed by atoms with E-state index in [0.717, 1.165) is 0 Å². The van der Waals surface area contributed by atoms with Gasteiger partial charge in [-0.2, -0.15) is 0 Å². The number of benzene rings is 2. The molecule has 5 heteroatoms. The van der Waals surface area contributed by atoms with Crippen molar-refractivity contribution in [3.05, 3.63) is 71.3 Å². The summed E-state index contributed by atoms with van der Waals surface area (Å²) >= 11 is 5.87. The topological polar surface area (TPSA) is 66.4 Å². The first-order chi connectivity index (χ1) is 9.99. The predicted molar refractivity (Wildman–Crippen MR) is 82.5 cm³/mol. The van der Waals surface area contributed by atoms with Gasteiger partial charge in [-0.3, -0.25) is 4.79 Å². The number of hydrogen-bond donors (Lipinski definition) is 2. The molecule has 0 fully saturated rings. The third-order valence-electron chi connectivity index (χ3n) is 2.85. The van der Waals surface area contributed by atoms with E-state index < -0.39 is 11.9 Å². The quantitative estimate of drug-likeness (QED) is 0.846. The largest absolute Gasteiger partial charge is 0.478 e. The Labute approximate surface area is 126 Å². The summed E-state index contributed by atoms with van der Waals surface area (Å²) in [7, 11) is 0. The van der Waals surface area contributed by atoms with E-state index in [1.165, 1.54) is 12.1 Å². The molecule has 0 spiro atoms. The van der Waals surface area contributed by atoms with E-state index in [4.69, 9.17) is 16.7 Å². The van der Waals surface area contributed by atoms with Gasteiger partial charge in [0.15, 0.2) is 0 Å². The van der Waals surface area contributed by atoms with E-state index in [1.54, 1.807) is 36.4 Å². The first-order valence-electron chi connectivity index (χ1n) is 6.07. The summed E-state index contributed by atoms with van der Waals surface area (Å²) in [5.74, 6) is -1.59. The van der Waals surface area contributed by atoms with Gasteiger partial charge in [-0.25, -0.2) is 4.79 Å². The number of para-hydroxylation sites is 1. The van der Waals surface area contributed by atoms with Gasteiger partial charge in [0, 0.05) is 10.6 Å². The fourth-order valence-corrected chi connectivity index (χ4v) is 1.97. The van der Waals surface area contributed by atoms with Crippen molar-refractivity contribution in [3.8, 4) is 0 Å². The van der Waals surface area contributed by atoms with Gasteiger partial charge < -0.3 is 10.4 Å². The second kappa shape index (κ2) is 6.24. The highest BCUT2D eigenvalue weighted by Gasteiger charge is 2.14. The lowest BCUT2D eigenvalue weighted by Crippen LogP contribution is -2.15. The van der Waals surface area contributed by atoms with Gasteiger partial charge in [0.25, 0.3) is 5.91 Å². The maximum Gasteiger partial charge on any atom is 0.337 e. The molecule has 2 N–H and O–H groups in total. The standard InChI is InChI=1S/C16H12ClNO3/c1-10(11-5-4-6-12(17)9-11)15(19)18-14-8-3-2-7-13(14)16(20)21/h2-9H,1H2,(H,18,19)(H,20,21). The van der Waals surface area contributed by atoms with Crippen LogP contribution >= 0.6 is 11.6 Å². The molecule has 21 heavy (non-hydrogen) atoms. The molecule has 0 aromatic heterocycles. The maximum atomic E-state index is 12.2. The van der Waals surface area contributed by atoms with Crippen LogP contribution in [0.15, 0.2) is 55.1 Å². The molecule has 0 unspecified atom stereocenters. The molecule has 0 saturated carbocycles. The Morgan fingerprint density at radius 3 is 2.48 bits per heavy atom. The lowest BCUT2D eigenvalue weighted by atomic mass is 10.1. The van der Waals surface area contributed by atoms with E-state index in [-0.39, 0.29) is 16.8 Å². The molecule has 0 radical (unpaired) electrons. The first-order valence-corrected chi connectivity index (χ1v) is 6.45. The highest BCUT2D eigenvalue weighted by atomic mass is 35.5. The van der Waals surface area contributed by atoms with Crippen molar-refractivity contribution in [1.82, 2.24) is 0 Å². The van der Waals surface area contributed by atoms with Crippen LogP contribution in [0.5, 0.6) is 0 Å². The van der Waals surface area contributed by atoms with Crippen LogP contribution in [0, 0.1) is 0 Å². The Hall–Kier alpha value is -2.59. The summed E-state index contributed by atoms with van der Waals surface area (Å²) in [5, 5.41) is 12.1. The normalized spacial score (nSPS) is 9.95. The second-order valence-corrected chi connectivity index (χ2v) is 4.73. The SMILES string of the molecule is C=C(C(=O)Nc1ccccc1C(=O)O)c1cccc(Cl)c1. The molecule has 106 valence electrons. The van der Waals surface area contributed by atoms with Crippen LogP contribution in [0.3, 0.4) is 0 Å². The van der Waals surface area contributed by atoms with Gasteiger partial charge in [0.1, 0.15) is 0 Å². The molecule has 0 aliphatic rings. The van der Waals surface area contributed by atoms with Crippen LogP contribution in [0.1, 0.15) is 15.9 Å². The highest BCUT2D eigenvalue weighted by molar-refractivity contribution is 6.31. The Bertz CT molecular complexity index is 725. The average molecular weight is 302 g/mol. The number of hydrogen-bond acceptors (Lipinski definition) is 2. The molecule has 0 heterocycles. The Morgan fingerprint density at radius 2 is 1.81 bits per heavy atom. The Kier molecular flexibility index (Phi) is 4.40. The molecule has 0 bridgehead atoms. The fourth-order valence-electron chi connectivity index (χ4n) is 1.78. The van der Waals surface area contributed by atoms with Crippen molar-refractivity contribution in [3.63, 3.8) is 0 Å². The number of nitrogens with one attached hydrogen (secondary N) is 1. The number of carboxylic acid groups (broad SMARTS) is 1. The number of aromatic carboxylic acids is 1. The molecule has 0 atom stereocenters. The number of carboxylic acids is 1. The zero-order valence-electron chi connectivity index (χ0n) is 11.0. The molecule has 1 amide bonds. The first kappa shape index (κ1) is 14.8. The van der Waals surface area contributed by atoms with Gasteiger partial charge in [0.05, 0.1) is 11.3 Å². The number of halogens is 1. The molecular weight excluding hydrogens is 290 g/mol. The summed E-state index contributed by atoms with van der Waals surface area (Å²) in [6.45, 7) is 3.72. The summed E-state index contributed by atoms with van der Waals surface area (Å²) < 4.78 is 0. The molecule has 2 aromatic rings. The molecule has 2 aromatic carbocycles. The highest BCUT2D eigenvalue weighted by Crippen LogP contribution is 2.21. The van der Waals surface area contributed by atoms with Crippen molar-refractivity contribution >= 4 is 34.7 Å². The van der Waals surface area contributed by atoms with Gasteiger partial charge >= 0.3 is 5.97 Å². The van der Waals surface area contributed by atoms with Gasteiger partial charge in [-0.05, 0) is 29.8 Å². The minimum Gasteiger partial charge on any atom is -0.478 e. The summed E-state index contributed by atoms with van der Waals surface area (Å²) in [4.78, 5) is 23.2. The molecule has 0 aliphatic carbocycles. The Balaban J connectivity index is 2.23. The van der Waals surface area contributed by atoms with Crippen molar-refractivity contribution < 1.29 is 14.7 Å². The second-order valence-electron chi connectivity index (χ2n) is 4.29.